The number of rotatable bonds is 3. The standard InChI is InChI=1S/C12H8F4N2/c13-9-4-11(15)10(14)3-7(9)5-17-8-1-2-12(16)18-6-8/h1-4,6,17H,5H2. The van der Waals surface area contributed by atoms with E-state index in [0.29, 0.717) is 11.8 Å². The number of anilines is 1. The second kappa shape index (κ2) is 5.03. The lowest BCUT2D eigenvalue weighted by molar-refractivity contribution is 0.490. The van der Waals surface area contributed by atoms with Crippen LogP contribution in [0, 0.1) is 23.4 Å². The van der Waals surface area contributed by atoms with E-state index in [9.17, 15) is 17.6 Å². The Labute approximate surface area is 100 Å². The molecule has 2 nitrogen and oxygen atoms in total. The summed E-state index contributed by atoms with van der Waals surface area (Å²) >= 11 is 0. The fourth-order valence-corrected chi connectivity index (χ4v) is 1.38. The third kappa shape index (κ3) is 2.77. The van der Waals surface area contributed by atoms with Crippen molar-refractivity contribution in [3.8, 4) is 0 Å². The van der Waals surface area contributed by atoms with Gasteiger partial charge in [-0.25, -0.2) is 18.2 Å². The van der Waals surface area contributed by atoms with Gasteiger partial charge in [-0.2, -0.15) is 4.39 Å². The molecule has 2 rings (SSSR count). The van der Waals surface area contributed by atoms with Crippen LogP contribution < -0.4 is 5.32 Å². The highest BCUT2D eigenvalue weighted by molar-refractivity contribution is 5.41. The van der Waals surface area contributed by atoms with Crippen molar-refractivity contribution in [3.63, 3.8) is 0 Å². The third-order valence-electron chi connectivity index (χ3n) is 2.30. The number of pyridine rings is 1. The van der Waals surface area contributed by atoms with Crippen LogP contribution in [0.4, 0.5) is 23.2 Å². The summed E-state index contributed by atoms with van der Waals surface area (Å²) in [7, 11) is 0. The Bertz CT molecular complexity index is 555. The molecule has 0 aliphatic heterocycles. The van der Waals surface area contributed by atoms with Gasteiger partial charge in [-0.15, -0.1) is 0 Å². The number of nitrogens with zero attached hydrogens (tertiary/aromatic N) is 1. The molecule has 0 amide bonds. The Morgan fingerprint density at radius 2 is 1.67 bits per heavy atom. The molecule has 0 saturated heterocycles. The first-order chi connectivity index (χ1) is 8.56. The summed E-state index contributed by atoms with van der Waals surface area (Å²) in [5.74, 6) is -3.85. The van der Waals surface area contributed by atoms with Gasteiger partial charge in [0.25, 0.3) is 0 Å². The molecule has 0 spiro atoms. The van der Waals surface area contributed by atoms with Gasteiger partial charge in [0.15, 0.2) is 11.6 Å². The molecule has 0 radical (unpaired) electrons. The van der Waals surface area contributed by atoms with Crippen molar-refractivity contribution in [2.75, 3.05) is 5.32 Å². The summed E-state index contributed by atoms with van der Waals surface area (Å²) < 4.78 is 51.4. The van der Waals surface area contributed by atoms with E-state index < -0.39 is 23.4 Å². The van der Waals surface area contributed by atoms with Crippen LogP contribution in [0.25, 0.3) is 0 Å². The van der Waals surface area contributed by atoms with Crippen LogP contribution in [0.1, 0.15) is 5.56 Å². The highest BCUT2D eigenvalue weighted by atomic mass is 19.2. The van der Waals surface area contributed by atoms with Gasteiger partial charge in [0.2, 0.25) is 5.95 Å². The molecule has 0 saturated carbocycles. The van der Waals surface area contributed by atoms with Gasteiger partial charge >= 0.3 is 0 Å². The van der Waals surface area contributed by atoms with E-state index in [1.807, 2.05) is 0 Å². The van der Waals surface area contributed by atoms with Crippen molar-refractivity contribution in [2.24, 2.45) is 0 Å². The van der Waals surface area contributed by atoms with E-state index in [1.54, 1.807) is 0 Å². The number of hydrogen-bond donors (Lipinski definition) is 1. The monoisotopic (exact) mass is 256 g/mol. The van der Waals surface area contributed by atoms with E-state index in [4.69, 9.17) is 0 Å². The number of benzene rings is 1. The lowest BCUT2D eigenvalue weighted by Crippen LogP contribution is -2.04. The van der Waals surface area contributed by atoms with Crippen molar-refractivity contribution < 1.29 is 17.6 Å². The molecule has 1 aromatic carbocycles. The van der Waals surface area contributed by atoms with Gasteiger partial charge in [-0.1, -0.05) is 0 Å². The molecule has 0 aliphatic rings. The lowest BCUT2D eigenvalue weighted by Gasteiger charge is -2.07. The summed E-state index contributed by atoms with van der Waals surface area (Å²) in [6.07, 6.45) is 1.22. The average Bonchev–Trinajstić information content (AvgIpc) is 2.34. The van der Waals surface area contributed by atoms with Crippen LogP contribution in [0.2, 0.25) is 0 Å². The summed E-state index contributed by atoms with van der Waals surface area (Å²) in [5.41, 5.74) is 0.416. The molecule has 0 atom stereocenters. The second-order valence-corrected chi connectivity index (χ2v) is 3.58. The smallest absolute Gasteiger partial charge is 0.212 e. The van der Waals surface area contributed by atoms with Crippen LogP contribution in [-0.2, 0) is 6.54 Å². The molecule has 0 aliphatic carbocycles. The molecule has 1 aromatic heterocycles. The van der Waals surface area contributed by atoms with Crippen LogP contribution >= 0.6 is 0 Å². The molecule has 18 heavy (non-hydrogen) atoms. The second-order valence-electron chi connectivity index (χ2n) is 3.58. The summed E-state index contributed by atoms with van der Waals surface area (Å²) in [6.45, 7) is -0.0592. The van der Waals surface area contributed by atoms with E-state index in [2.05, 4.69) is 10.3 Å². The predicted octanol–water partition coefficient (Wildman–Crippen LogP) is 3.25. The van der Waals surface area contributed by atoms with Crippen LogP contribution in [0.15, 0.2) is 30.5 Å². The Morgan fingerprint density at radius 3 is 2.33 bits per heavy atom. The molecule has 0 bridgehead atoms. The first-order valence-electron chi connectivity index (χ1n) is 5.05. The maximum absolute atomic E-state index is 13.3. The normalized spacial score (nSPS) is 10.4. The van der Waals surface area contributed by atoms with E-state index >= 15 is 0 Å². The Balaban J connectivity index is 2.10. The zero-order valence-corrected chi connectivity index (χ0v) is 9.05. The first kappa shape index (κ1) is 12.3. The van der Waals surface area contributed by atoms with Gasteiger partial charge in [-0.05, 0) is 18.2 Å². The van der Waals surface area contributed by atoms with Gasteiger partial charge in [0.05, 0.1) is 11.9 Å². The lowest BCUT2D eigenvalue weighted by atomic mass is 10.2. The predicted molar refractivity (Wildman–Crippen MR) is 57.8 cm³/mol. The minimum Gasteiger partial charge on any atom is -0.380 e. The highest BCUT2D eigenvalue weighted by Crippen LogP contribution is 2.15. The maximum atomic E-state index is 13.3. The highest BCUT2D eigenvalue weighted by Gasteiger charge is 2.09. The molecule has 1 N–H and O–H groups in total. The molecule has 0 unspecified atom stereocenters. The third-order valence-corrected chi connectivity index (χ3v) is 2.30. The van der Waals surface area contributed by atoms with Gasteiger partial charge in [0, 0.05) is 18.2 Å². The maximum Gasteiger partial charge on any atom is 0.212 e. The fraction of sp³-hybridized carbons (Fsp3) is 0.0833. The SMILES string of the molecule is Fc1ccc(NCc2cc(F)c(F)cc2F)cn1. The quantitative estimate of drug-likeness (QED) is 0.518. The van der Waals surface area contributed by atoms with Crippen molar-refractivity contribution in [2.45, 2.75) is 6.54 Å². The van der Waals surface area contributed by atoms with E-state index in [1.165, 1.54) is 12.3 Å². The zero-order valence-electron chi connectivity index (χ0n) is 9.05. The van der Waals surface area contributed by atoms with Crippen molar-refractivity contribution in [1.29, 1.82) is 0 Å². The molecular weight excluding hydrogens is 248 g/mol. The largest absolute Gasteiger partial charge is 0.380 e. The van der Waals surface area contributed by atoms with Gasteiger partial charge in [0.1, 0.15) is 5.82 Å². The molecule has 6 heteroatoms. The number of aromatic nitrogens is 1. The van der Waals surface area contributed by atoms with Crippen molar-refractivity contribution in [3.05, 3.63) is 59.4 Å². The Hall–Kier alpha value is -2.11. The Morgan fingerprint density at radius 1 is 0.944 bits per heavy atom. The average molecular weight is 256 g/mol. The molecular formula is C12H8F4N2. The van der Waals surface area contributed by atoms with Crippen LogP contribution in [0.5, 0.6) is 0 Å². The minimum atomic E-state index is -1.24. The molecule has 2 aromatic rings. The summed E-state index contributed by atoms with van der Waals surface area (Å²) in [4.78, 5) is 3.39. The molecule has 0 fully saturated rings. The number of nitrogens with one attached hydrogen (secondary N) is 1. The summed E-state index contributed by atoms with van der Waals surface area (Å²) in [5, 5.41) is 2.72. The Kier molecular flexibility index (Phi) is 3.45. The van der Waals surface area contributed by atoms with E-state index in [0.717, 1.165) is 12.1 Å². The first-order valence-corrected chi connectivity index (χ1v) is 5.05. The zero-order chi connectivity index (χ0) is 13.1. The fourth-order valence-electron chi connectivity index (χ4n) is 1.38. The van der Waals surface area contributed by atoms with Gasteiger partial charge in [-0.3, -0.25) is 0 Å². The van der Waals surface area contributed by atoms with Crippen LogP contribution in [-0.4, -0.2) is 4.98 Å². The molecule has 1 heterocycles. The number of hydrogen-bond acceptors (Lipinski definition) is 2. The van der Waals surface area contributed by atoms with E-state index in [-0.39, 0.29) is 12.1 Å². The summed E-state index contributed by atoms with van der Waals surface area (Å²) in [6, 6.07) is 3.79. The topological polar surface area (TPSA) is 24.9 Å². The molecule has 94 valence electrons. The minimum absolute atomic E-state index is 0.0294. The van der Waals surface area contributed by atoms with Gasteiger partial charge < -0.3 is 5.32 Å². The van der Waals surface area contributed by atoms with Crippen LogP contribution in [0.3, 0.4) is 0 Å². The van der Waals surface area contributed by atoms with Crippen molar-refractivity contribution >= 4 is 5.69 Å². The number of halogens is 4. The van der Waals surface area contributed by atoms with Crippen molar-refractivity contribution in [1.82, 2.24) is 4.98 Å².